The van der Waals surface area contributed by atoms with Gasteiger partial charge in [-0.15, -0.1) is 0 Å². The molecule has 274 valence electrons. The van der Waals surface area contributed by atoms with Crippen molar-refractivity contribution in [3.63, 3.8) is 0 Å². The summed E-state index contributed by atoms with van der Waals surface area (Å²) in [6.45, 7) is 4.10. The molecule has 0 saturated heterocycles. The van der Waals surface area contributed by atoms with Crippen molar-refractivity contribution in [2.24, 2.45) is 0 Å². The molecule has 1 heterocycles. The Balaban J connectivity index is 1.19. The molecule has 4 heteroatoms. The predicted octanol–water partition coefficient (Wildman–Crippen LogP) is 13.4. The Labute approximate surface area is 340 Å². The molecule has 2 nitrogen and oxygen atoms in total. The van der Waals surface area contributed by atoms with Crippen LogP contribution in [0.2, 0.25) is 0 Å². The number of rotatable bonds is 7. The third-order valence-electron chi connectivity index (χ3n) is 11.3. The fourth-order valence-corrected chi connectivity index (χ4v) is 12.6. The summed E-state index contributed by atoms with van der Waals surface area (Å²) in [5.74, 6) is 1.64. The molecule has 0 radical (unpaired) electrons. The molecule has 0 spiro atoms. The maximum absolute atomic E-state index is 7.47. The average molecular weight is 779 g/mol. The molecule has 0 saturated carbocycles. The maximum atomic E-state index is 7.47. The van der Waals surface area contributed by atoms with E-state index in [1.165, 1.54) is 59.4 Å². The minimum atomic E-state index is -1.62. The van der Waals surface area contributed by atoms with E-state index in [-0.39, 0.29) is 0 Å². The van der Waals surface area contributed by atoms with Gasteiger partial charge in [0.25, 0.3) is 0 Å². The first-order valence-corrected chi connectivity index (χ1v) is 22.1. The normalized spacial score (nSPS) is 13.4. The van der Waals surface area contributed by atoms with Gasteiger partial charge >= 0.3 is 8.38 Å². The van der Waals surface area contributed by atoms with Gasteiger partial charge in [0, 0.05) is 22.3 Å². The summed E-state index contributed by atoms with van der Waals surface area (Å²) in [5, 5.41) is 14.3. The molecule has 1 aliphatic rings. The van der Waals surface area contributed by atoms with Crippen molar-refractivity contribution in [1.29, 1.82) is 0 Å². The average Bonchev–Trinajstić information content (AvgIpc) is 3.29. The first-order valence-electron chi connectivity index (χ1n) is 19.5. The minimum absolute atomic E-state index is 0.794. The van der Waals surface area contributed by atoms with Crippen LogP contribution in [0.15, 0.2) is 207 Å². The molecular weight excluding hydrogens is 743 g/mol. The van der Waals surface area contributed by atoms with E-state index < -0.39 is 16.3 Å². The second-order valence-corrected chi connectivity index (χ2v) is 18.1. The zero-order valence-corrected chi connectivity index (χ0v) is 33.3. The molecule has 0 bridgehead atoms. The highest BCUT2D eigenvalue weighted by Crippen LogP contribution is 2.55. The SMILES string of the molecule is C=Cc1ccc2c(-c3c(P(c4ccccc4)c4ccccc4)ccc4ccccc34)c(O[P@]3Oc4ccc5ccccc5c4-c4c3ccc3ccccc43)ccc2c1. The van der Waals surface area contributed by atoms with Gasteiger partial charge in [0.15, 0.2) is 0 Å². The molecule has 10 aromatic rings. The van der Waals surface area contributed by atoms with Crippen molar-refractivity contribution in [3.05, 3.63) is 212 Å². The van der Waals surface area contributed by atoms with E-state index in [4.69, 9.17) is 9.05 Å². The van der Waals surface area contributed by atoms with Crippen LogP contribution < -0.4 is 30.3 Å². The Kier molecular flexibility index (Phi) is 8.62. The first kappa shape index (κ1) is 34.7. The third-order valence-corrected chi connectivity index (χ3v) is 15.2. The number of benzene rings is 10. The van der Waals surface area contributed by atoms with Crippen LogP contribution in [0.4, 0.5) is 0 Å². The lowest BCUT2D eigenvalue weighted by Gasteiger charge is -2.30. The molecule has 1 atom stereocenters. The van der Waals surface area contributed by atoms with Gasteiger partial charge in [0.2, 0.25) is 0 Å². The van der Waals surface area contributed by atoms with Gasteiger partial charge < -0.3 is 9.05 Å². The molecule has 1 aliphatic heterocycles. The van der Waals surface area contributed by atoms with Crippen LogP contribution in [0.25, 0.3) is 71.4 Å². The summed E-state index contributed by atoms with van der Waals surface area (Å²) in [5.41, 5.74) is 5.63. The van der Waals surface area contributed by atoms with Crippen LogP contribution >= 0.6 is 16.3 Å². The molecule has 0 fully saturated rings. The van der Waals surface area contributed by atoms with Crippen LogP contribution in [-0.4, -0.2) is 0 Å². The first-order chi connectivity index (χ1) is 28.7. The van der Waals surface area contributed by atoms with Gasteiger partial charge in [-0.3, -0.25) is 0 Å². The highest BCUT2D eigenvalue weighted by atomic mass is 31.2. The molecule has 0 unspecified atom stereocenters. The van der Waals surface area contributed by atoms with Gasteiger partial charge in [0.05, 0.1) is 5.30 Å². The molecule has 58 heavy (non-hydrogen) atoms. The number of fused-ring (bicyclic) bond motifs is 9. The van der Waals surface area contributed by atoms with Crippen LogP contribution in [-0.2, 0) is 0 Å². The second-order valence-electron chi connectivity index (χ2n) is 14.6. The number of hydrogen-bond donors (Lipinski definition) is 0. The van der Waals surface area contributed by atoms with Crippen molar-refractivity contribution in [3.8, 4) is 33.8 Å². The molecule has 10 aromatic carbocycles. The molecule has 0 amide bonds. The second kappa shape index (κ2) is 14.4. The van der Waals surface area contributed by atoms with Crippen molar-refractivity contribution in [2.75, 3.05) is 0 Å². The minimum Gasteiger partial charge on any atom is -0.435 e. The Morgan fingerprint density at radius 2 is 0.983 bits per heavy atom. The summed E-state index contributed by atoms with van der Waals surface area (Å²) < 4.78 is 14.6. The highest BCUT2D eigenvalue weighted by Gasteiger charge is 2.34. The predicted molar refractivity (Wildman–Crippen MR) is 250 cm³/mol. The topological polar surface area (TPSA) is 18.5 Å². The van der Waals surface area contributed by atoms with E-state index in [9.17, 15) is 0 Å². The Morgan fingerprint density at radius 3 is 1.64 bits per heavy atom. The highest BCUT2D eigenvalue weighted by molar-refractivity contribution is 7.80. The van der Waals surface area contributed by atoms with Gasteiger partial charge in [-0.05, 0) is 96.8 Å². The fraction of sp³-hybridized carbons (Fsp3) is 0. The van der Waals surface area contributed by atoms with Crippen molar-refractivity contribution >= 4 is 86.7 Å². The lowest BCUT2D eigenvalue weighted by molar-refractivity contribution is 0.502. The summed E-state index contributed by atoms with van der Waals surface area (Å²) >= 11 is 0. The van der Waals surface area contributed by atoms with Crippen LogP contribution in [0.1, 0.15) is 5.56 Å². The van der Waals surface area contributed by atoms with Crippen molar-refractivity contribution < 1.29 is 9.05 Å². The summed E-state index contributed by atoms with van der Waals surface area (Å²) in [6.07, 6.45) is 1.92. The number of hydrogen-bond acceptors (Lipinski definition) is 2. The van der Waals surface area contributed by atoms with E-state index in [0.717, 1.165) is 44.3 Å². The van der Waals surface area contributed by atoms with Crippen LogP contribution in [0.5, 0.6) is 11.5 Å². The van der Waals surface area contributed by atoms with E-state index in [1.807, 2.05) is 6.08 Å². The largest absolute Gasteiger partial charge is 0.435 e. The van der Waals surface area contributed by atoms with Gasteiger partial charge in [-0.2, -0.15) is 0 Å². The Bertz CT molecular complexity index is 3170. The monoisotopic (exact) mass is 778 g/mol. The zero-order valence-electron chi connectivity index (χ0n) is 31.5. The van der Waals surface area contributed by atoms with Gasteiger partial charge in [-0.25, -0.2) is 0 Å². The van der Waals surface area contributed by atoms with E-state index >= 15 is 0 Å². The molecule has 0 aliphatic carbocycles. The van der Waals surface area contributed by atoms with Crippen LogP contribution in [0.3, 0.4) is 0 Å². The lowest BCUT2D eigenvalue weighted by Crippen LogP contribution is -2.22. The van der Waals surface area contributed by atoms with E-state index in [2.05, 4.69) is 207 Å². The van der Waals surface area contributed by atoms with Gasteiger partial charge in [-0.1, -0.05) is 189 Å². The maximum Gasteiger partial charge on any atom is 0.326 e. The fourth-order valence-electron chi connectivity index (χ4n) is 8.64. The van der Waals surface area contributed by atoms with Crippen molar-refractivity contribution in [1.82, 2.24) is 0 Å². The molecule has 11 rings (SSSR count). The summed E-state index contributed by atoms with van der Waals surface area (Å²) in [7, 11) is -2.59. The molecule has 0 aromatic heterocycles. The Morgan fingerprint density at radius 1 is 0.448 bits per heavy atom. The smallest absolute Gasteiger partial charge is 0.326 e. The molecular formula is C54H36O2P2. The quantitative estimate of drug-likeness (QED) is 0.150. The van der Waals surface area contributed by atoms with Gasteiger partial charge in [0.1, 0.15) is 11.5 Å². The van der Waals surface area contributed by atoms with Crippen molar-refractivity contribution in [2.45, 2.75) is 0 Å². The Hall–Kier alpha value is -6.56. The lowest BCUT2D eigenvalue weighted by atomic mass is 9.92. The molecule has 0 N–H and O–H groups in total. The zero-order chi connectivity index (χ0) is 38.6. The third kappa shape index (κ3) is 5.80. The summed E-state index contributed by atoms with van der Waals surface area (Å²) in [6, 6.07) is 72.3. The standard InChI is InChI=1S/C54H36O2P2/c1-2-36-25-30-46-40(35-36)27-32-48(56-58-50-34-29-39-17-11-14-24-45(39)54(50)51-43-22-12-9-15-37(43)26-31-47(51)55-58)52(46)53-44-23-13-10-16-38(44)28-33-49(53)57(41-18-5-3-6-19-41)42-20-7-4-8-21-42/h2-35H,1H2/t58-/m0/s1. The van der Waals surface area contributed by atoms with Crippen LogP contribution in [0, 0.1) is 0 Å². The van der Waals surface area contributed by atoms with E-state index in [0.29, 0.717) is 0 Å². The van der Waals surface area contributed by atoms with E-state index in [1.54, 1.807) is 0 Å². The summed E-state index contributed by atoms with van der Waals surface area (Å²) in [4.78, 5) is 0.